The summed E-state index contributed by atoms with van der Waals surface area (Å²) in [7, 11) is 0. The topological polar surface area (TPSA) is 102 Å². The van der Waals surface area contributed by atoms with Gasteiger partial charge in [0.05, 0.1) is 22.8 Å². The molecule has 0 radical (unpaired) electrons. The number of benzene rings is 1. The highest BCUT2D eigenvalue weighted by Crippen LogP contribution is 2.31. The molecule has 1 atom stereocenters. The van der Waals surface area contributed by atoms with Crippen molar-refractivity contribution in [3.63, 3.8) is 0 Å². The number of nitrogens with one attached hydrogen (secondary N) is 1. The maximum atomic E-state index is 13.6. The predicted molar refractivity (Wildman–Crippen MR) is 131 cm³/mol. The maximum absolute atomic E-state index is 13.6. The van der Waals surface area contributed by atoms with Crippen LogP contribution in [-0.4, -0.2) is 44.2 Å². The summed E-state index contributed by atoms with van der Waals surface area (Å²) in [5.41, 5.74) is 3.64. The van der Waals surface area contributed by atoms with Gasteiger partial charge in [-0.15, -0.1) is 0 Å². The van der Waals surface area contributed by atoms with E-state index in [2.05, 4.69) is 20.4 Å². The zero-order chi connectivity index (χ0) is 24.4. The second-order valence-corrected chi connectivity index (χ2v) is 8.17. The summed E-state index contributed by atoms with van der Waals surface area (Å²) >= 11 is 0. The van der Waals surface area contributed by atoms with Crippen molar-refractivity contribution >= 4 is 23.3 Å². The first kappa shape index (κ1) is 22.3. The SMILES string of the molecule is CCC(Oc1ccc(-n2cccn2)c(C)c1)C(=O)N1CC(=O)Nc2ccc(-c3ccccn3)nc21. The molecule has 9 heteroatoms. The number of carbonyl (C=O) groups is 2. The van der Waals surface area contributed by atoms with Gasteiger partial charge >= 0.3 is 0 Å². The minimum absolute atomic E-state index is 0.137. The van der Waals surface area contributed by atoms with Gasteiger partial charge in [-0.05, 0) is 67.4 Å². The van der Waals surface area contributed by atoms with E-state index in [0.29, 0.717) is 35.1 Å². The molecule has 0 fully saturated rings. The second kappa shape index (κ2) is 9.38. The van der Waals surface area contributed by atoms with Crippen LogP contribution in [0.15, 0.2) is 73.2 Å². The fourth-order valence-corrected chi connectivity index (χ4v) is 4.02. The number of hydrogen-bond donors (Lipinski definition) is 1. The Labute approximate surface area is 202 Å². The number of anilines is 2. The summed E-state index contributed by atoms with van der Waals surface area (Å²) in [4.78, 5) is 36.3. The smallest absolute Gasteiger partial charge is 0.269 e. The minimum Gasteiger partial charge on any atom is -0.481 e. The zero-order valence-electron chi connectivity index (χ0n) is 19.4. The normalized spacial score (nSPS) is 13.7. The molecular formula is C26H24N6O3. The van der Waals surface area contributed by atoms with E-state index in [-0.39, 0.29) is 18.4 Å². The van der Waals surface area contributed by atoms with Crippen LogP contribution < -0.4 is 15.0 Å². The van der Waals surface area contributed by atoms with Gasteiger partial charge in [-0.1, -0.05) is 13.0 Å². The number of rotatable bonds is 6. The summed E-state index contributed by atoms with van der Waals surface area (Å²) in [6.07, 6.45) is 4.90. The Morgan fingerprint density at radius 3 is 2.71 bits per heavy atom. The number of aryl methyl sites for hydroxylation is 1. The average Bonchev–Trinajstić information content (AvgIpc) is 3.41. The van der Waals surface area contributed by atoms with E-state index in [1.54, 1.807) is 29.2 Å². The van der Waals surface area contributed by atoms with Crippen molar-refractivity contribution in [1.29, 1.82) is 0 Å². The molecule has 4 heterocycles. The molecule has 0 saturated heterocycles. The molecule has 0 saturated carbocycles. The van der Waals surface area contributed by atoms with Crippen LogP contribution in [0.25, 0.3) is 17.1 Å². The third kappa shape index (κ3) is 4.48. The number of pyridine rings is 2. The summed E-state index contributed by atoms with van der Waals surface area (Å²) in [6, 6.07) is 16.5. The maximum Gasteiger partial charge on any atom is 0.269 e. The van der Waals surface area contributed by atoms with Crippen LogP contribution in [0.5, 0.6) is 5.75 Å². The Kier molecular flexibility index (Phi) is 5.97. The van der Waals surface area contributed by atoms with Crippen molar-refractivity contribution in [3.05, 3.63) is 78.8 Å². The van der Waals surface area contributed by atoms with E-state index in [9.17, 15) is 9.59 Å². The lowest BCUT2D eigenvalue weighted by molar-refractivity contribution is -0.127. The Bertz CT molecular complexity index is 1370. The molecule has 1 N–H and O–H groups in total. The van der Waals surface area contributed by atoms with Gasteiger partial charge < -0.3 is 10.1 Å². The van der Waals surface area contributed by atoms with Gasteiger partial charge in [0.15, 0.2) is 11.9 Å². The molecule has 0 aliphatic carbocycles. The van der Waals surface area contributed by atoms with Crippen LogP contribution in [0, 0.1) is 6.92 Å². The fraction of sp³-hybridized carbons (Fsp3) is 0.192. The minimum atomic E-state index is -0.788. The number of fused-ring (bicyclic) bond motifs is 1. The van der Waals surface area contributed by atoms with Gasteiger partial charge in [-0.2, -0.15) is 5.10 Å². The van der Waals surface area contributed by atoms with Gasteiger partial charge in [0.2, 0.25) is 5.91 Å². The van der Waals surface area contributed by atoms with E-state index >= 15 is 0 Å². The predicted octanol–water partition coefficient (Wildman–Crippen LogP) is 3.78. The third-order valence-electron chi connectivity index (χ3n) is 5.74. The molecule has 9 nitrogen and oxygen atoms in total. The van der Waals surface area contributed by atoms with Crippen LogP contribution in [0.4, 0.5) is 11.5 Å². The number of aromatic nitrogens is 4. The Hall–Kier alpha value is -4.53. The van der Waals surface area contributed by atoms with Crippen molar-refractivity contribution in [2.75, 3.05) is 16.8 Å². The molecule has 3 aromatic heterocycles. The molecule has 1 aliphatic heterocycles. The Morgan fingerprint density at radius 1 is 1.11 bits per heavy atom. The lowest BCUT2D eigenvalue weighted by Crippen LogP contribution is -2.48. The van der Waals surface area contributed by atoms with Gasteiger partial charge in [0, 0.05) is 18.6 Å². The van der Waals surface area contributed by atoms with E-state index in [0.717, 1.165) is 11.3 Å². The summed E-state index contributed by atoms with van der Waals surface area (Å²) in [5, 5.41) is 7.06. The number of amides is 2. The quantitative estimate of drug-likeness (QED) is 0.462. The fourth-order valence-electron chi connectivity index (χ4n) is 4.02. The van der Waals surface area contributed by atoms with Crippen molar-refractivity contribution in [3.8, 4) is 22.8 Å². The summed E-state index contributed by atoms with van der Waals surface area (Å²) in [5.74, 6) is 0.330. The molecule has 0 spiro atoms. The van der Waals surface area contributed by atoms with Crippen LogP contribution >= 0.6 is 0 Å². The van der Waals surface area contributed by atoms with Gasteiger partial charge in [0.1, 0.15) is 12.3 Å². The number of carbonyl (C=O) groups excluding carboxylic acids is 2. The second-order valence-electron chi connectivity index (χ2n) is 8.17. The van der Waals surface area contributed by atoms with Crippen molar-refractivity contribution in [1.82, 2.24) is 19.7 Å². The lowest BCUT2D eigenvalue weighted by atomic mass is 10.1. The van der Waals surface area contributed by atoms with Crippen LogP contribution in [0.2, 0.25) is 0 Å². The molecule has 5 rings (SSSR count). The highest BCUT2D eigenvalue weighted by Gasteiger charge is 2.33. The van der Waals surface area contributed by atoms with Gasteiger partial charge in [0.25, 0.3) is 5.91 Å². The first-order chi connectivity index (χ1) is 17.0. The molecule has 1 unspecified atom stereocenters. The average molecular weight is 469 g/mol. The van der Waals surface area contributed by atoms with Crippen molar-refractivity contribution in [2.45, 2.75) is 26.4 Å². The number of hydrogen-bond acceptors (Lipinski definition) is 6. The molecule has 1 aliphatic rings. The van der Waals surface area contributed by atoms with E-state index in [1.165, 1.54) is 4.90 Å². The summed E-state index contributed by atoms with van der Waals surface area (Å²) in [6.45, 7) is 3.69. The number of nitrogens with zero attached hydrogens (tertiary/aromatic N) is 5. The largest absolute Gasteiger partial charge is 0.481 e. The van der Waals surface area contributed by atoms with Crippen molar-refractivity contribution in [2.24, 2.45) is 0 Å². The van der Waals surface area contributed by atoms with Gasteiger partial charge in [-0.25, -0.2) is 9.67 Å². The third-order valence-corrected chi connectivity index (χ3v) is 5.74. The molecule has 0 bridgehead atoms. The van der Waals surface area contributed by atoms with Crippen LogP contribution in [0.3, 0.4) is 0 Å². The lowest BCUT2D eigenvalue weighted by Gasteiger charge is -2.31. The van der Waals surface area contributed by atoms with E-state index in [1.807, 2.05) is 62.5 Å². The molecular weight excluding hydrogens is 444 g/mol. The van der Waals surface area contributed by atoms with E-state index in [4.69, 9.17) is 4.74 Å². The molecule has 1 aromatic carbocycles. The zero-order valence-corrected chi connectivity index (χ0v) is 19.4. The Morgan fingerprint density at radius 2 is 2.00 bits per heavy atom. The monoisotopic (exact) mass is 468 g/mol. The van der Waals surface area contributed by atoms with Crippen molar-refractivity contribution < 1.29 is 14.3 Å². The first-order valence-electron chi connectivity index (χ1n) is 11.3. The Balaban J connectivity index is 1.42. The molecule has 4 aromatic rings. The van der Waals surface area contributed by atoms with Gasteiger partial charge in [-0.3, -0.25) is 19.5 Å². The molecule has 176 valence electrons. The standard InChI is InChI=1S/C26H24N6O3/c1-3-23(35-18-8-11-22(17(2)15-18)32-14-6-13-28-32)26(34)31-16-24(33)29-21-10-9-20(30-25(21)31)19-7-4-5-12-27-19/h4-15,23H,3,16H2,1-2H3,(H,29,33). The van der Waals surface area contributed by atoms with Crippen LogP contribution in [-0.2, 0) is 9.59 Å². The van der Waals surface area contributed by atoms with E-state index < -0.39 is 6.10 Å². The number of ether oxygens (including phenoxy) is 1. The molecule has 2 amide bonds. The first-order valence-corrected chi connectivity index (χ1v) is 11.3. The highest BCUT2D eigenvalue weighted by atomic mass is 16.5. The molecule has 35 heavy (non-hydrogen) atoms. The highest BCUT2D eigenvalue weighted by molar-refractivity contribution is 6.10. The summed E-state index contributed by atoms with van der Waals surface area (Å²) < 4.78 is 7.88. The van der Waals surface area contributed by atoms with Crippen LogP contribution in [0.1, 0.15) is 18.9 Å².